The van der Waals surface area contributed by atoms with Crippen molar-refractivity contribution in [2.24, 2.45) is 10.3 Å². The van der Waals surface area contributed by atoms with Crippen LogP contribution in [0.2, 0.25) is 0 Å². The van der Waals surface area contributed by atoms with Gasteiger partial charge in [-0.3, -0.25) is 4.79 Å². The number of hydrogen-bond acceptors (Lipinski definition) is 7. The van der Waals surface area contributed by atoms with Gasteiger partial charge in [0.05, 0.1) is 23.5 Å². The van der Waals surface area contributed by atoms with E-state index in [0.29, 0.717) is 47.9 Å². The molecule has 0 bridgehead atoms. The lowest BCUT2D eigenvalue weighted by Crippen LogP contribution is -2.10. The molecule has 1 unspecified atom stereocenters. The SMILES string of the molecule is Cc1cc(N=S(C)(C)=O)cc2ncnc(Nc3ccc(F)cc3OCC3CCC(=O)C3)c12. The molecule has 9 heteroatoms. The summed E-state index contributed by atoms with van der Waals surface area (Å²) in [4.78, 5) is 20.2. The molecule has 1 atom stereocenters. The molecule has 0 radical (unpaired) electrons. The largest absolute Gasteiger partial charge is 0.491 e. The van der Waals surface area contributed by atoms with E-state index in [-0.39, 0.29) is 11.7 Å². The molecule has 1 saturated carbocycles. The highest BCUT2D eigenvalue weighted by Gasteiger charge is 2.23. The van der Waals surface area contributed by atoms with Gasteiger partial charge in [-0.15, -0.1) is 0 Å². The third-order valence-corrected chi connectivity index (χ3v) is 5.91. The van der Waals surface area contributed by atoms with Crippen LogP contribution < -0.4 is 10.1 Å². The quantitative estimate of drug-likeness (QED) is 0.565. The van der Waals surface area contributed by atoms with Crippen molar-refractivity contribution >= 4 is 43.6 Å². The number of aromatic nitrogens is 2. The number of nitrogens with one attached hydrogen (secondary N) is 1. The fourth-order valence-corrected chi connectivity index (χ4v) is 4.48. The molecule has 0 amide bonds. The van der Waals surface area contributed by atoms with Crippen molar-refractivity contribution in [3.8, 4) is 5.75 Å². The zero-order valence-electron chi connectivity index (χ0n) is 18.2. The number of aryl methyl sites for hydroxylation is 1. The summed E-state index contributed by atoms with van der Waals surface area (Å²) in [6.07, 6.45) is 6.46. The zero-order valence-corrected chi connectivity index (χ0v) is 19.0. The molecule has 1 aromatic heterocycles. The first kappa shape index (κ1) is 22.1. The van der Waals surface area contributed by atoms with E-state index in [1.165, 1.54) is 18.5 Å². The molecular weight excluding hydrogens is 431 g/mol. The first-order chi connectivity index (χ1) is 15.2. The van der Waals surface area contributed by atoms with Crippen molar-refractivity contribution < 1.29 is 18.1 Å². The molecule has 1 fully saturated rings. The van der Waals surface area contributed by atoms with Gasteiger partial charge in [0.25, 0.3) is 0 Å². The van der Waals surface area contributed by atoms with E-state index in [1.54, 1.807) is 24.6 Å². The Labute approximate surface area is 186 Å². The molecule has 1 aliphatic carbocycles. The molecule has 0 spiro atoms. The van der Waals surface area contributed by atoms with Crippen LogP contribution in [0.5, 0.6) is 5.75 Å². The lowest BCUT2D eigenvalue weighted by Gasteiger charge is -2.16. The first-order valence-corrected chi connectivity index (χ1v) is 12.6. The molecular formula is C23H25FN4O3S. The fourth-order valence-electron chi connectivity index (χ4n) is 3.86. The summed E-state index contributed by atoms with van der Waals surface area (Å²) in [6.45, 7) is 2.26. The van der Waals surface area contributed by atoms with Crippen molar-refractivity contribution in [2.45, 2.75) is 26.2 Å². The second-order valence-corrected chi connectivity index (χ2v) is 10.9. The molecule has 1 heterocycles. The van der Waals surface area contributed by atoms with Gasteiger partial charge in [0.15, 0.2) is 0 Å². The number of Topliss-reactive ketones (excluding diaryl/α,β-unsaturated/α-hetero) is 1. The lowest BCUT2D eigenvalue weighted by molar-refractivity contribution is -0.117. The Morgan fingerprint density at radius 1 is 1.25 bits per heavy atom. The average Bonchev–Trinajstić information content (AvgIpc) is 3.12. The molecule has 1 N–H and O–H groups in total. The van der Waals surface area contributed by atoms with E-state index < -0.39 is 15.5 Å². The summed E-state index contributed by atoms with van der Waals surface area (Å²) in [5.41, 5.74) is 2.67. The number of nitrogens with zero attached hydrogens (tertiary/aromatic N) is 3. The van der Waals surface area contributed by atoms with Crippen LogP contribution in [-0.2, 0) is 14.5 Å². The van der Waals surface area contributed by atoms with Gasteiger partial charge < -0.3 is 10.1 Å². The lowest BCUT2D eigenvalue weighted by atomic mass is 10.1. The second-order valence-electron chi connectivity index (χ2n) is 8.38. The minimum atomic E-state index is -2.31. The number of hydrogen-bond donors (Lipinski definition) is 1. The Hall–Kier alpha value is -3.07. The number of rotatable bonds is 6. The third kappa shape index (κ3) is 5.21. The fraction of sp³-hybridized carbons (Fsp3) is 0.348. The maximum atomic E-state index is 13.9. The van der Waals surface area contributed by atoms with Gasteiger partial charge in [-0.2, -0.15) is 4.36 Å². The normalized spacial score (nSPS) is 16.4. The molecule has 0 aliphatic heterocycles. The summed E-state index contributed by atoms with van der Waals surface area (Å²) < 4.78 is 36.2. The van der Waals surface area contributed by atoms with Crippen LogP contribution in [0.1, 0.15) is 24.8 Å². The second kappa shape index (κ2) is 8.82. The van der Waals surface area contributed by atoms with Crippen LogP contribution >= 0.6 is 0 Å². The minimum Gasteiger partial charge on any atom is -0.491 e. The van der Waals surface area contributed by atoms with E-state index >= 15 is 0 Å². The molecule has 168 valence electrons. The van der Waals surface area contributed by atoms with Crippen LogP contribution in [0.4, 0.5) is 21.6 Å². The highest BCUT2D eigenvalue weighted by Crippen LogP contribution is 2.34. The number of ketones is 1. The Morgan fingerprint density at radius 2 is 2.06 bits per heavy atom. The van der Waals surface area contributed by atoms with Crippen LogP contribution in [0.3, 0.4) is 0 Å². The van der Waals surface area contributed by atoms with Gasteiger partial charge in [0.1, 0.15) is 29.5 Å². The van der Waals surface area contributed by atoms with Crippen molar-refractivity contribution in [1.82, 2.24) is 9.97 Å². The first-order valence-electron chi connectivity index (χ1n) is 10.3. The van der Waals surface area contributed by atoms with Crippen molar-refractivity contribution in [1.29, 1.82) is 0 Å². The average molecular weight is 457 g/mol. The zero-order chi connectivity index (χ0) is 22.9. The summed E-state index contributed by atoms with van der Waals surface area (Å²) in [5, 5.41) is 4.02. The van der Waals surface area contributed by atoms with Gasteiger partial charge in [-0.1, -0.05) is 0 Å². The summed E-state index contributed by atoms with van der Waals surface area (Å²) in [6, 6.07) is 7.87. The van der Waals surface area contributed by atoms with Crippen LogP contribution in [0.25, 0.3) is 10.9 Å². The van der Waals surface area contributed by atoms with Crippen LogP contribution in [-0.4, -0.2) is 39.1 Å². The van der Waals surface area contributed by atoms with E-state index in [2.05, 4.69) is 19.6 Å². The van der Waals surface area contributed by atoms with Crippen LogP contribution in [0, 0.1) is 18.7 Å². The minimum absolute atomic E-state index is 0.148. The number of halogens is 1. The summed E-state index contributed by atoms with van der Waals surface area (Å²) >= 11 is 0. The maximum absolute atomic E-state index is 13.9. The molecule has 4 rings (SSSR count). The number of benzene rings is 2. The van der Waals surface area contributed by atoms with E-state index in [1.807, 2.05) is 13.0 Å². The summed E-state index contributed by atoms with van der Waals surface area (Å²) in [5.74, 6) is 0.880. The Bertz CT molecular complexity index is 1310. The van der Waals surface area contributed by atoms with Gasteiger partial charge >= 0.3 is 0 Å². The van der Waals surface area contributed by atoms with Gasteiger partial charge in [-0.05, 0) is 43.2 Å². The predicted molar refractivity (Wildman–Crippen MR) is 124 cm³/mol. The molecule has 0 saturated heterocycles. The van der Waals surface area contributed by atoms with E-state index in [4.69, 9.17) is 4.74 Å². The Morgan fingerprint density at radius 3 is 2.78 bits per heavy atom. The van der Waals surface area contributed by atoms with Gasteiger partial charge in [0, 0.05) is 52.5 Å². The number of carbonyl (C=O) groups is 1. The number of fused-ring (bicyclic) bond motifs is 1. The highest BCUT2D eigenvalue weighted by atomic mass is 32.2. The van der Waals surface area contributed by atoms with E-state index in [9.17, 15) is 13.4 Å². The van der Waals surface area contributed by atoms with Gasteiger partial charge in [0.2, 0.25) is 0 Å². The number of anilines is 2. The standard InChI is InChI=1S/C23H25FN4O3S/c1-14-8-17(28-32(2,3)30)11-20-22(14)23(26-13-25-20)27-19-7-5-16(24)10-21(19)31-12-15-4-6-18(29)9-15/h5,7-8,10-11,13,15H,4,6,9,12H2,1-3H3,(H,25,26,27). The van der Waals surface area contributed by atoms with Crippen molar-refractivity contribution in [2.75, 3.05) is 24.4 Å². The molecule has 1 aliphatic rings. The Kier molecular flexibility index (Phi) is 6.10. The maximum Gasteiger partial charge on any atom is 0.145 e. The Balaban J connectivity index is 1.66. The third-order valence-electron chi connectivity index (χ3n) is 5.26. The molecule has 7 nitrogen and oxygen atoms in total. The smallest absolute Gasteiger partial charge is 0.145 e. The number of carbonyl (C=O) groups excluding carboxylic acids is 1. The molecule has 2 aromatic carbocycles. The predicted octanol–water partition coefficient (Wildman–Crippen LogP) is 4.93. The van der Waals surface area contributed by atoms with Gasteiger partial charge in [-0.25, -0.2) is 18.6 Å². The molecule has 3 aromatic rings. The van der Waals surface area contributed by atoms with Crippen molar-refractivity contribution in [3.05, 3.63) is 48.0 Å². The summed E-state index contributed by atoms with van der Waals surface area (Å²) in [7, 11) is -2.31. The monoisotopic (exact) mass is 456 g/mol. The van der Waals surface area contributed by atoms with E-state index in [0.717, 1.165) is 17.4 Å². The van der Waals surface area contributed by atoms with Crippen LogP contribution in [0.15, 0.2) is 41.0 Å². The van der Waals surface area contributed by atoms with Crippen molar-refractivity contribution in [3.63, 3.8) is 0 Å². The molecule has 32 heavy (non-hydrogen) atoms. The topological polar surface area (TPSA) is 93.5 Å². The number of ether oxygens (including phenoxy) is 1. The highest BCUT2D eigenvalue weighted by molar-refractivity contribution is 7.92.